The van der Waals surface area contributed by atoms with E-state index in [9.17, 15) is 0 Å². The molecule has 0 saturated heterocycles. The van der Waals surface area contributed by atoms with Gasteiger partial charge in [0.15, 0.2) is 0 Å². The maximum Gasteiger partial charge on any atom is 0.0991 e. The van der Waals surface area contributed by atoms with Crippen molar-refractivity contribution in [3.05, 3.63) is 60.3 Å². The molecular formula is C12H11N. The minimum atomic E-state index is 0.484. The second-order valence-electron chi connectivity index (χ2n) is 2.70. The van der Waals surface area contributed by atoms with Crippen LogP contribution in [0.3, 0.4) is 0 Å². The predicted octanol–water partition coefficient (Wildman–Crippen LogP) is 3.06. The second-order valence-corrected chi connectivity index (χ2v) is 2.70. The van der Waals surface area contributed by atoms with Gasteiger partial charge < -0.3 is 0 Å². The van der Waals surface area contributed by atoms with Gasteiger partial charge in [-0.15, -0.1) is 0 Å². The highest BCUT2D eigenvalue weighted by Crippen LogP contribution is 2.21. The fourth-order valence-electron chi connectivity index (χ4n) is 1.17. The molecule has 0 unspecified atom stereocenters. The van der Waals surface area contributed by atoms with E-state index >= 15 is 0 Å². The summed E-state index contributed by atoms with van der Waals surface area (Å²) < 4.78 is 0. The first kappa shape index (κ1) is 9.28. The van der Waals surface area contributed by atoms with Gasteiger partial charge in [0.25, 0.3) is 0 Å². The van der Waals surface area contributed by atoms with Crippen molar-refractivity contribution in [2.75, 3.05) is 0 Å². The van der Waals surface area contributed by atoms with Crippen LogP contribution in [-0.4, -0.2) is 0 Å². The molecule has 0 radical (unpaired) electrons. The molecule has 0 atom stereocenters. The molecular weight excluding hydrogens is 158 g/mol. The van der Waals surface area contributed by atoms with Gasteiger partial charge in [-0.3, -0.25) is 0 Å². The molecule has 1 nitrogen and oxygen atoms in total. The van der Waals surface area contributed by atoms with Crippen LogP contribution in [0.1, 0.15) is 6.42 Å². The summed E-state index contributed by atoms with van der Waals surface area (Å²) in [7, 11) is 0. The summed E-state index contributed by atoms with van der Waals surface area (Å²) >= 11 is 0. The molecule has 0 aromatic heterocycles. The average molecular weight is 169 g/mol. The third-order valence-electron chi connectivity index (χ3n) is 1.86. The molecule has 1 aliphatic rings. The maximum absolute atomic E-state index is 8.72. The Kier molecular flexibility index (Phi) is 3.05. The van der Waals surface area contributed by atoms with Gasteiger partial charge in [0.05, 0.1) is 11.6 Å². The Balaban J connectivity index is 3.10. The van der Waals surface area contributed by atoms with Crippen LogP contribution in [0.5, 0.6) is 0 Å². The molecule has 13 heavy (non-hydrogen) atoms. The fourth-order valence-corrected chi connectivity index (χ4v) is 1.17. The molecule has 0 aromatic carbocycles. The molecule has 0 fully saturated rings. The van der Waals surface area contributed by atoms with E-state index in [1.54, 1.807) is 6.08 Å². The Labute approximate surface area is 78.7 Å². The van der Waals surface area contributed by atoms with Crippen LogP contribution in [0.15, 0.2) is 60.3 Å². The standard InChI is InChI=1S/C12H11N/c1-3-11-7-5-4-6-8-12(11)10(2)9-13/h3-4,6-8H,1-2,5H2. The third-order valence-corrected chi connectivity index (χ3v) is 1.86. The summed E-state index contributed by atoms with van der Waals surface area (Å²) in [6, 6.07) is 2.04. The number of rotatable bonds is 2. The van der Waals surface area contributed by atoms with Crippen molar-refractivity contribution in [3.63, 3.8) is 0 Å². The topological polar surface area (TPSA) is 23.8 Å². The summed E-state index contributed by atoms with van der Waals surface area (Å²) in [5.74, 6) is 0. The van der Waals surface area contributed by atoms with E-state index in [0.717, 1.165) is 17.6 Å². The van der Waals surface area contributed by atoms with Crippen LogP contribution in [0.25, 0.3) is 0 Å². The lowest BCUT2D eigenvalue weighted by atomic mass is 9.99. The van der Waals surface area contributed by atoms with E-state index in [2.05, 4.69) is 13.2 Å². The molecule has 1 aliphatic carbocycles. The second kappa shape index (κ2) is 4.27. The molecule has 0 N–H and O–H groups in total. The molecule has 0 saturated carbocycles. The molecule has 0 aliphatic heterocycles. The van der Waals surface area contributed by atoms with Crippen LogP contribution < -0.4 is 0 Å². The number of allylic oxidation sites excluding steroid dienone is 8. The summed E-state index contributed by atoms with van der Waals surface area (Å²) in [6.45, 7) is 7.39. The van der Waals surface area contributed by atoms with Crippen molar-refractivity contribution >= 4 is 0 Å². The van der Waals surface area contributed by atoms with Crippen molar-refractivity contribution in [3.8, 4) is 6.07 Å². The zero-order valence-corrected chi connectivity index (χ0v) is 7.46. The van der Waals surface area contributed by atoms with Gasteiger partial charge in [-0.1, -0.05) is 43.5 Å². The number of nitriles is 1. The lowest BCUT2D eigenvalue weighted by Crippen LogP contribution is -1.88. The van der Waals surface area contributed by atoms with E-state index in [1.807, 2.05) is 30.4 Å². The van der Waals surface area contributed by atoms with E-state index in [4.69, 9.17) is 5.26 Å². The zero-order valence-electron chi connectivity index (χ0n) is 7.46. The van der Waals surface area contributed by atoms with Crippen molar-refractivity contribution in [1.82, 2.24) is 0 Å². The van der Waals surface area contributed by atoms with Crippen molar-refractivity contribution in [2.45, 2.75) is 6.42 Å². The normalized spacial score (nSPS) is 15.0. The lowest BCUT2D eigenvalue weighted by molar-refractivity contribution is 1.36. The van der Waals surface area contributed by atoms with Gasteiger partial charge in [-0.05, 0) is 17.6 Å². The van der Waals surface area contributed by atoms with E-state index in [-0.39, 0.29) is 0 Å². The maximum atomic E-state index is 8.72. The molecule has 0 spiro atoms. The summed E-state index contributed by atoms with van der Waals surface area (Å²) in [4.78, 5) is 0. The summed E-state index contributed by atoms with van der Waals surface area (Å²) in [5, 5.41) is 8.72. The molecule has 0 bridgehead atoms. The van der Waals surface area contributed by atoms with E-state index in [0.29, 0.717) is 5.57 Å². The highest BCUT2D eigenvalue weighted by Gasteiger charge is 2.05. The van der Waals surface area contributed by atoms with Gasteiger partial charge >= 0.3 is 0 Å². The summed E-state index contributed by atoms with van der Waals surface area (Å²) in [6.07, 6.45) is 10.5. The van der Waals surface area contributed by atoms with Crippen molar-refractivity contribution in [2.24, 2.45) is 0 Å². The zero-order chi connectivity index (χ0) is 9.68. The van der Waals surface area contributed by atoms with Crippen LogP contribution in [0, 0.1) is 11.3 Å². The average Bonchev–Trinajstić information content (AvgIpc) is 2.41. The number of nitrogens with zero attached hydrogens (tertiary/aromatic N) is 1. The first-order chi connectivity index (χ1) is 6.29. The Hall–Kier alpha value is -1.81. The Morgan fingerprint density at radius 1 is 1.62 bits per heavy atom. The van der Waals surface area contributed by atoms with Crippen LogP contribution in [0.4, 0.5) is 0 Å². The number of hydrogen-bond donors (Lipinski definition) is 0. The quantitative estimate of drug-likeness (QED) is 0.583. The van der Waals surface area contributed by atoms with Crippen LogP contribution in [-0.2, 0) is 0 Å². The molecule has 0 aromatic rings. The van der Waals surface area contributed by atoms with Gasteiger partial charge in [0, 0.05) is 0 Å². The van der Waals surface area contributed by atoms with E-state index < -0.39 is 0 Å². The van der Waals surface area contributed by atoms with Gasteiger partial charge in [-0.25, -0.2) is 0 Å². The van der Waals surface area contributed by atoms with Gasteiger partial charge in [-0.2, -0.15) is 5.26 Å². The minimum absolute atomic E-state index is 0.484. The SMILES string of the molecule is C=CC1=CCC=CC=C1C(=C)C#N. The third kappa shape index (κ3) is 2.07. The first-order valence-electron chi connectivity index (χ1n) is 4.08. The highest BCUT2D eigenvalue weighted by atomic mass is 14.2. The Morgan fingerprint density at radius 2 is 2.38 bits per heavy atom. The largest absolute Gasteiger partial charge is 0.192 e. The Morgan fingerprint density at radius 3 is 3.00 bits per heavy atom. The minimum Gasteiger partial charge on any atom is -0.192 e. The molecule has 0 amide bonds. The van der Waals surface area contributed by atoms with Crippen molar-refractivity contribution < 1.29 is 0 Å². The first-order valence-corrected chi connectivity index (χ1v) is 4.08. The summed E-state index contributed by atoms with van der Waals surface area (Å²) in [5.41, 5.74) is 2.33. The Bertz CT molecular complexity index is 359. The molecule has 0 heterocycles. The van der Waals surface area contributed by atoms with E-state index in [1.165, 1.54) is 0 Å². The lowest BCUT2D eigenvalue weighted by Gasteiger charge is -2.03. The van der Waals surface area contributed by atoms with Crippen LogP contribution >= 0.6 is 0 Å². The van der Waals surface area contributed by atoms with Crippen LogP contribution in [0.2, 0.25) is 0 Å². The highest BCUT2D eigenvalue weighted by molar-refractivity contribution is 5.57. The van der Waals surface area contributed by atoms with Gasteiger partial charge in [0.1, 0.15) is 0 Å². The monoisotopic (exact) mass is 169 g/mol. The van der Waals surface area contributed by atoms with Gasteiger partial charge in [0.2, 0.25) is 0 Å². The molecule has 1 heteroatoms. The smallest absolute Gasteiger partial charge is 0.0991 e. The number of hydrogen-bond acceptors (Lipinski definition) is 1. The predicted molar refractivity (Wildman–Crippen MR) is 54.9 cm³/mol. The van der Waals surface area contributed by atoms with Crippen molar-refractivity contribution in [1.29, 1.82) is 5.26 Å². The molecule has 64 valence electrons. The molecule has 1 rings (SSSR count). The fraction of sp³-hybridized carbons (Fsp3) is 0.0833.